The summed E-state index contributed by atoms with van der Waals surface area (Å²) in [6.45, 7) is 8.91. The highest BCUT2D eigenvalue weighted by Crippen LogP contribution is 2.28. The van der Waals surface area contributed by atoms with Crippen LogP contribution >= 0.6 is 11.8 Å². The number of aryl methyl sites for hydroxylation is 1. The van der Waals surface area contributed by atoms with Gasteiger partial charge in [0.15, 0.2) is 0 Å². The number of hydrogen-bond acceptors (Lipinski definition) is 4. The van der Waals surface area contributed by atoms with Gasteiger partial charge in [-0.05, 0) is 31.9 Å². The molecule has 1 amide bonds. The highest BCUT2D eigenvalue weighted by molar-refractivity contribution is 7.99. The predicted molar refractivity (Wildman–Crippen MR) is 90.7 cm³/mol. The number of carboxylic acids is 1. The standard InChI is InChI=1S/C16H25N3O3S/c1-10(2)8-19-12(4)13(11(3)18-19)7-14(20)17-16(15(21)22)5-6-23-9-16/h10H,5-9H2,1-4H3,(H,17,20)(H,21,22). The van der Waals surface area contributed by atoms with Crippen molar-refractivity contribution in [1.29, 1.82) is 0 Å². The van der Waals surface area contributed by atoms with Crippen molar-refractivity contribution in [3.8, 4) is 0 Å². The van der Waals surface area contributed by atoms with Crippen LogP contribution in [0.4, 0.5) is 0 Å². The second kappa shape index (κ2) is 6.95. The maximum absolute atomic E-state index is 12.4. The molecule has 2 heterocycles. The zero-order chi connectivity index (χ0) is 17.2. The van der Waals surface area contributed by atoms with E-state index in [4.69, 9.17) is 0 Å². The third kappa shape index (κ3) is 3.88. The Labute approximate surface area is 141 Å². The Morgan fingerprint density at radius 2 is 2.13 bits per heavy atom. The van der Waals surface area contributed by atoms with Gasteiger partial charge in [0.2, 0.25) is 5.91 Å². The second-order valence-corrected chi connectivity index (χ2v) is 7.75. The molecule has 1 aromatic rings. The summed E-state index contributed by atoms with van der Waals surface area (Å²) in [7, 11) is 0. The fourth-order valence-electron chi connectivity index (χ4n) is 2.87. The van der Waals surface area contributed by atoms with Gasteiger partial charge in [-0.25, -0.2) is 4.79 Å². The number of rotatable bonds is 6. The van der Waals surface area contributed by atoms with Crippen LogP contribution in [-0.2, 0) is 22.6 Å². The van der Waals surface area contributed by atoms with Crippen LogP contribution < -0.4 is 5.32 Å². The Morgan fingerprint density at radius 3 is 2.65 bits per heavy atom. The molecule has 6 nitrogen and oxygen atoms in total. The Morgan fingerprint density at radius 1 is 1.43 bits per heavy atom. The van der Waals surface area contributed by atoms with Gasteiger partial charge in [-0.1, -0.05) is 13.8 Å². The fraction of sp³-hybridized carbons (Fsp3) is 0.688. The van der Waals surface area contributed by atoms with Crippen molar-refractivity contribution < 1.29 is 14.7 Å². The number of nitrogens with zero attached hydrogens (tertiary/aromatic N) is 2. The number of aromatic nitrogens is 2. The van der Waals surface area contributed by atoms with Crippen LogP contribution in [0.5, 0.6) is 0 Å². The van der Waals surface area contributed by atoms with Gasteiger partial charge in [-0.3, -0.25) is 9.48 Å². The van der Waals surface area contributed by atoms with Gasteiger partial charge in [0.25, 0.3) is 0 Å². The van der Waals surface area contributed by atoms with Gasteiger partial charge in [0.1, 0.15) is 5.54 Å². The lowest BCUT2D eigenvalue weighted by Gasteiger charge is -2.24. The molecule has 1 saturated heterocycles. The van der Waals surface area contributed by atoms with E-state index in [1.807, 2.05) is 18.5 Å². The van der Waals surface area contributed by atoms with E-state index in [2.05, 4.69) is 24.3 Å². The van der Waals surface area contributed by atoms with E-state index < -0.39 is 11.5 Å². The minimum absolute atomic E-state index is 0.176. The Bertz CT molecular complexity index is 604. The third-order valence-electron chi connectivity index (χ3n) is 4.22. The van der Waals surface area contributed by atoms with E-state index in [9.17, 15) is 14.7 Å². The maximum Gasteiger partial charge on any atom is 0.330 e. The summed E-state index contributed by atoms with van der Waals surface area (Å²) in [5.41, 5.74) is 1.60. The van der Waals surface area contributed by atoms with Crippen LogP contribution in [-0.4, -0.2) is 43.8 Å². The van der Waals surface area contributed by atoms with E-state index in [0.29, 0.717) is 18.1 Å². The number of amides is 1. The summed E-state index contributed by atoms with van der Waals surface area (Å²) in [6, 6.07) is 0. The maximum atomic E-state index is 12.4. The molecule has 2 N–H and O–H groups in total. The van der Waals surface area contributed by atoms with E-state index in [1.165, 1.54) is 0 Å². The zero-order valence-corrected chi connectivity index (χ0v) is 15.0. The smallest absolute Gasteiger partial charge is 0.330 e. The molecule has 1 fully saturated rings. The topological polar surface area (TPSA) is 84.2 Å². The van der Waals surface area contributed by atoms with Crippen LogP contribution in [0.25, 0.3) is 0 Å². The summed E-state index contributed by atoms with van der Waals surface area (Å²) < 4.78 is 1.93. The molecule has 23 heavy (non-hydrogen) atoms. The molecular formula is C16H25N3O3S. The minimum atomic E-state index is -1.11. The molecule has 7 heteroatoms. The molecule has 0 aromatic carbocycles. The highest BCUT2D eigenvalue weighted by Gasteiger charge is 2.43. The van der Waals surface area contributed by atoms with Gasteiger partial charge in [0.05, 0.1) is 12.1 Å². The molecule has 1 aliphatic rings. The molecular weight excluding hydrogens is 314 g/mol. The minimum Gasteiger partial charge on any atom is -0.479 e. The Balaban J connectivity index is 2.11. The van der Waals surface area contributed by atoms with Crippen molar-refractivity contribution in [3.05, 3.63) is 17.0 Å². The van der Waals surface area contributed by atoms with E-state index in [-0.39, 0.29) is 12.3 Å². The summed E-state index contributed by atoms with van der Waals surface area (Å²) in [4.78, 5) is 23.9. The molecule has 1 unspecified atom stereocenters. The largest absolute Gasteiger partial charge is 0.479 e. The highest BCUT2D eigenvalue weighted by atomic mass is 32.2. The van der Waals surface area contributed by atoms with Crippen molar-refractivity contribution in [2.45, 2.75) is 52.6 Å². The molecule has 0 spiro atoms. The first kappa shape index (κ1) is 17.8. The van der Waals surface area contributed by atoms with Crippen molar-refractivity contribution in [2.75, 3.05) is 11.5 Å². The fourth-order valence-corrected chi connectivity index (χ4v) is 4.20. The first-order chi connectivity index (χ1) is 10.7. The molecule has 1 aliphatic heterocycles. The summed E-state index contributed by atoms with van der Waals surface area (Å²) in [5, 5.41) is 16.7. The van der Waals surface area contributed by atoms with E-state index in [0.717, 1.165) is 29.2 Å². The molecule has 0 bridgehead atoms. The van der Waals surface area contributed by atoms with Crippen molar-refractivity contribution in [3.63, 3.8) is 0 Å². The number of nitrogens with one attached hydrogen (secondary N) is 1. The first-order valence-corrected chi connectivity index (χ1v) is 9.05. The average molecular weight is 339 g/mol. The molecule has 128 valence electrons. The van der Waals surface area contributed by atoms with Gasteiger partial charge in [-0.2, -0.15) is 16.9 Å². The van der Waals surface area contributed by atoms with Crippen molar-refractivity contribution in [2.24, 2.45) is 5.92 Å². The number of aliphatic carboxylic acids is 1. The van der Waals surface area contributed by atoms with Crippen molar-refractivity contribution >= 4 is 23.6 Å². The number of carbonyl (C=O) groups excluding carboxylic acids is 1. The quantitative estimate of drug-likeness (QED) is 0.825. The van der Waals surface area contributed by atoms with Crippen LogP contribution in [0.3, 0.4) is 0 Å². The second-order valence-electron chi connectivity index (χ2n) is 6.64. The van der Waals surface area contributed by atoms with E-state index >= 15 is 0 Å². The third-order valence-corrected chi connectivity index (χ3v) is 5.41. The number of carboxylic acid groups (broad SMARTS) is 1. The Hall–Kier alpha value is -1.50. The van der Waals surface area contributed by atoms with E-state index in [1.54, 1.807) is 11.8 Å². The number of thioether (sulfide) groups is 1. The molecule has 2 rings (SSSR count). The zero-order valence-electron chi connectivity index (χ0n) is 14.2. The normalized spacial score (nSPS) is 20.9. The summed E-state index contributed by atoms with van der Waals surface area (Å²) >= 11 is 1.56. The Kier molecular flexibility index (Phi) is 5.39. The number of hydrogen-bond donors (Lipinski definition) is 2. The predicted octanol–water partition coefficient (Wildman–Crippen LogP) is 1.77. The monoisotopic (exact) mass is 339 g/mol. The lowest BCUT2D eigenvalue weighted by atomic mass is 9.98. The van der Waals surface area contributed by atoms with Crippen LogP contribution in [0, 0.1) is 19.8 Å². The molecule has 0 saturated carbocycles. The van der Waals surface area contributed by atoms with Gasteiger partial charge in [0, 0.05) is 23.6 Å². The van der Waals surface area contributed by atoms with Crippen LogP contribution in [0.1, 0.15) is 37.2 Å². The van der Waals surface area contributed by atoms with Gasteiger partial charge < -0.3 is 10.4 Å². The first-order valence-electron chi connectivity index (χ1n) is 7.90. The molecule has 1 atom stereocenters. The van der Waals surface area contributed by atoms with Gasteiger partial charge >= 0.3 is 5.97 Å². The van der Waals surface area contributed by atoms with Crippen molar-refractivity contribution in [1.82, 2.24) is 15.1 Å². The SMILES string of the molecule is Cc1nn(CC(C)C)c(C)c1CC(=O)NC1(C(=O)O)CCSC1. The van der Waals surface area contributed by atoms with Gasteiger partial charge in [-0.15, -0.1) is 0 Å². The lowest BCUT2D eigenvalue weighted by Crippen LogP contribution is -2.55. The molecule has 0 radical (unpaired) electrons. The number of carbonyl (C=O) groups is 2. The van der Waals surface area contributed by atoms with Crippen LogP contribution in [0.15, 0.2) is 0 Å². The lowest BCUT2D eigenvalue weighted by molar-refractivity contribution is -0.146. The molecule has 1 aromatic heterocycles. The summed E-state index contributed by atoms with van der Waals surface area (Å²) in [6.07, 6.45) is 0.652. The molecule has 0 aliphatic carbocycles. The summed E-state index contributed by atoms with van der Waals surface area (Å²) in [5.74, 6) is 0.473. The van der Waals surface area contributed by atoms with Crippen LogP contribution in [0.2, 0.25) is 0 Å². The average Bonchev–Trinajstić information content (AvgIpc) is 3.00.